The molecule has 0 spiro atoms. The number of carboxylic acid groups (broad SMARTS) is 1. The highest BCUT2D eigenvalue weighted by Crippen LogP contribution is 2.65. The lowest BCUT2D eigenvalue weighted by atomic mass is 9.44. The molecule has 0 unspecified atom stereocenters. The fourth-order valence-electron chi connectivity index (χ4n) is 6.02. The average Bonchev–Trinajstić information content (AvgIpc) is 2.47. The van der Waals surface area contributed by atoms with Gasteiger partial charge >= 0.3 is 5.97 Å². The summed E-state index contributed by atoms with van der Waals surface area (Å²) in [6.45, 7) is 10.8. The highest BCUT2D eigenvalue weighted by molar-refractivity contribution is 5.75. The molecule has 122 valence electrons. The summed E-state index contributed by atoms with van der Waals surface area (Å²) in [7, 11) is 0. The third kappa shape index (κ3) is 1.95. The summed E-state index contributed by atoms with van der Waals surface area (Å²) in [5.74, 6) is 0.252. The van der Waals surface area contributed by atoms with E-state index in [1.165, 1.54) is 6.42 Å². The van der Waals surface area contributed by atoms with Gasteiger partial charge in [-0.25, -0.2) is 0 Å². The molecule has 3 aliphatic rings. The third-order valence-electron chi connectivity index (χ3n) is 7.51. The number of carbonyl (C=O) groups is 1. The summed E-state index contributed by atoms with van der Waals surface area (Å²) in [6.07, 6.45) is 12.1. The smallest absolute Gasteiger partial charge is 0.309 e. The zero-order valence-corrected chi connectivity index (χ0v) is 14.3. The molecule has 0 aromatic heterocycles. The predicted octanol–water partition coefficient (Wildman–Crippen LogP) is 5.21. The van der Waals surface area contributed by atoms with E-state index in [-0.39, 0.29) is 16.7 Å². The van der Waals surface area contributed by atoms with Gasteiger partial charge in [-0.15, -0.1) is 6.58 Å². The van der Waals surface area contributed by atoms with E-state index in [0.717, 1.165) is 38.5 Å². The van der Waals surface area contributed by atoms with Crippen LogP contribution in [0.1, 0.15) is 65.7 Å². The molecule has 5 atom stereocenters. The van der Waals surface area contributed by atoms with Crippen LogP contribution in [0.25, 0.3) is 0 Å². The first-order chi connectivity index (χ1) is 10.3. The van der Waals surface area contributed by atoms with Crippen molar-refractivity contribution in [3.8, 4) is 0 Å². The Morgan fingerprint density at radius 3 is 2.64 bits per heavy atom. The maximum atomic E-state index is 12.0. The quantitative estimate of drug-likeness (QED) is 0.711. The lowest BCUT2D eigenvalue weighted by molar-refractivity contribution is -0.160. The van der Waals surface area contributed by atoms with E-state index in [4.69, 9.17) is 0 Å². The summed E-state index contributed by atoms with van der Waals surface area (Å²) in [5, 5.41) is 9.86. The van der Waals surface area contributed by atoms with Gasteiger partial charge in [0.05, 0.1) is 5.41 Å². The van der Waals surface area contributed by atoms with Gasteiger partial charge in [-0.3, -0.25) is 4.79 Å². The van der Waals surface area contributed by atoms with Crippen LogP contribution in [0.3, 0.4) is 0 Å². The fraction of sp³-hybridized carbons (Fsp3) is 0.750. The van der Waals surface area contributed by atoms with E-state index in [1.807, 2.05) is 6.92 Å². The van der Waals surface area contributed by atoms with Gasteiger partial charge in [0.1, 0.15) is 0 Å². The normalized spacial score (nSPS) is 47.9. The van der Waals surface area contributed by atoms with Gasteiger partial charge < -0.3 is 5.11 Å². The first-order valence-corrected chi connectivity index (χ1v) is 8.85. The van der Waals surface area contributed by atoms with Crippen molar-refractivity contribution in [1.29, 1.82) is 0 Å². The first-order valence-electron chi connectivity index (χ1n) is 8.85. The van der Waals surface area contributed by atoms with Gasteiger partial charge in [0.15, 0.2) is 0 Å². The molecule has 0 saturated heterocycles. The van der Waals surface area contributed by atoms with Crippen LogP contribution in [-0.4, -0.2) is 11.1 Å². The number of allylic oxidation sites excluding steroid dienone is 3. The van der Waals surface area contributed by atoms with Gasteiger partial charge in [0.25, 0.3) is 0 Å². The number of aliphatic carboxylic acids is 1. The molecule has 1 N–H and O–H groups in total. The second-order valence-corrected chi connectivity index (χ2v) is 8.58. The molecule has 0 aromatic carbocycles. The van der Waals surface area contributed by atoms with E-state index in [0.29, 0.717) is 5.92 Å². The van der Waals surface area contributed by atoms with Crippen LogP contribution in [0.2, 0.25) is 0 Å². The highest BCUT2D eigenvalue weighted by Gasteiger charge is 2.58. The van der Waals surface area contributed by atoms with Crippen molar-refractivity contribution >= 4 is 5.97 Å². The molecule has 3 rings (SSSR count). The second kappa shape index (κ2) is 4.97. The monoisotopic (exact) mass is 302 g/mol. The predicted molar refractivity (Wildman–Crippen MR) is 89.5 cm³/mol. The molecule has 2 nitrogen and oxygen atoms in total. The maximum absolute atomic E-state index is 12.0. The zero-order valence-electron chi connectivity index (χ0n) is 14.3. The van der Waals surface area contributed by atoms with Crippen LogP contribution in [0.5, 0.6) is 0 Å². The third-order valence-corrected chi connectivity index (χ3v) is 7.51. The minimum Gasteiger partial charge on any atom is -0.481 e. The molecule has 2 heteroatoms. The number of rotatable bonds is 2. The van der Waals surface area contributed by atoms with Gasteiger partial charge in [-0.1, -0.05) is 38.0 Å². The highest BCUT2D eigenvalue weighted by atomic mass is 16.4. The number of carboxylic acids is 1. The molecule has 0 heterocycles. The zero-order chi connectivity index (χ0) is 16.2. The molecule has 0 amide bonds. The summed E-state index contributed by atoms with van der Waals surface area (Å²) in [6, 6.07) is 0. The Morgan fingerprint density at radius 1 is 1.27 bits per heavy atom. The second-order valence-electron chi connectivity index (χ2n) is 8.58. The standard InChI is InChI=1S/C20H30O2/c1-5-18(2)11-6-8-15-14(18)9-10-16-19(15,3)12-7-13-20(16,4)17(21)22/h5,8,14,16H,1,6-7,9-13H2,2-4H3,(H,21,22)/t14-,16+,18-,19+,20-/m1/s1. The van der Waals surface area contributed by atoms with E-state index in [2.05, 4.69) is 32.6 Å². The molecule has 2 fully saturated rings. The van der Waals surface area contributed by atoms with E-state index < -0.39 is 11.4 Å². The molecule has 0 aliphatic heterocycles. The molecule has 3 aliphatic carbocycles. The minimum absolute atomic E-state index is 0.0684. The van der Waals surface area contributed by atoms with Crippen molar-refractivity contribution in [3.05, 3.63) is 24.3 Å². The van der Waals surface area contributed by atoms with Crippen molar-refractivity contribution in [2.75, 3.05) is 0 Å². The van der Waals surface area contributed by atoms with Gasteiger partial charge in [0, 0.05) is 0 Å². The Hall–Kier alpha value is -1.05. The van der Waals surface area contributed by atoms with Crippen LogP contribution in [-0.2, 0) is 4.79 Å². The molecule has 2 saturated carbocycles. The summed E-state index contributed by atoms with van der Waals surface area (Å²) >= 11 is 0. The van der Waals surface area contributed by atoms with Gasteiger partial charge in [-0.2, -0.15) is 0 Å². The summed E-state index contributed by atoms with van der Waals surface area (Å²) < 4.78 is 0. The van der Waals surface area contributed by atoms with E-state index in [9.17, 15) is 9.90 Å². The van der Waals surface area contributed by atoms with Crippen LogP contribution < -0.4 is 0 Å². The SMILES string of the molecule is C=C[C@]1(C)CCC=C2[C@H]1CC[C@@H]1[C@](C)(C(=O)O)CCC[C@@]21C. The first kappa shape index (κ1) is 15.8. The maximum Gasteiger partial charge on any atom is 0.309 e. The molecular formula is C20H30O2. The Bertz CT molecular complexity index is 534. The topological polar surface area (TPSA) is 37.3 Å². The molecule has 0 aromatic rings. The number of hydrogen-bond acceptors (Lipinski definition) is 1. The largest absolute Gasteiger partial charge is 0.481 e. The van der Waals surface area contributed by atoms with E-state index >= 15 is 0 Å². The van der Waals surface area contributed by atoms with Crippen LogP contribution in [0, 0.1) is 28.1 Å². The van der Waals surface area contributed by atoms with Gasteiger partial charge in [-0.05, 0) is 68.1 Å². The summed E-state index contributed by atoms with van der Waals surface area (Å²) in [5.41, 5.74) is 1.26. The molecular weight excluding hydrogens is 272 g/mol. The molecule has 0 radical (unpaired) electrons. The summed E-state index contributed by atoms with van der Waals surface area (Å²) in [4.78, 5) is 12.0. The molecule has 22 heavy (non-hydrogen) atoms. The van der Waals surface area contributed by atoms with Crippen molar-refractivity contribution < 1.29 is 9.90 Å². The van der Waals surface area contributed by atoms with Crippen molar-refractivity contribution in [1.82, 2.24) is 0 Å². The Labute approximate surface area is 134 Å². The molecule has 0 bridgehead atoms. The van der Waals surface area contributed by atoms with Gasteiger partial charge in [0.2, 0.25) is 0 Å². The Morgan fingerprint density at radius 2 is 2.00 bits per heavy atom. The number of fused-ring (bicyclic) bond motifs is 3. The van der Waals surface area contributed by atoms with Crippen LogP contribution in [0.15, 0.2) is 24.3 Å². The minimum atomic E-state index is -0.593. The van der Waals surface area contributed by atoms with E-state index in [1.54, 1.807) is 5.57 Å². The van der Waals surface area contributed by atoms with Crippen LogP contribution >= 0.6 is 0 Å². The lowest BCUT2D eigenvalue weighted by Crippen LogP contribution is -2.54. The van der Waals surface area contributed by atoms with Crippen LogP contribution in [0.4, 0.5) is 0 Å². The van der Waals surface area contributed by atoms with Crippen molar-refractivity contribution in [2.45, 2.75) is 65.7 Å². The number of hydrogen-bond donors (Lipinski definition) is 1. The fourth-order valence-corrected chi connectivity index (χ4v) is 6.02. The van der Waals surface area contributed by atoms with Crippen molar-refractivity contribution in [2.24, 2.45) is 28.1 Å². The lowest BCUT2D eigenvalue weighted by Gasteiger charge is -2.59. The van der Waals surface area contributed by atoms with Crippen molar-refractivity contribution in [3.63, 3.8) is 0 Å². The average molecular weight is 302 g/mol. The Balaban J connectivity index is 2.04. The Kier molecular flexibility index (Phi) is 3.58.